The van der Waals surface area contributed by atoms with E-state index < -0.39 is 0 Å². The average molecular weight is 300 g/mol. The van der Waals surface area contributed by atoms with E-state index >= 15 is 0 Å². The van der Waals surface area contributed by atoms with Gasteiger partial charge in [0.25, 0.3) is 0 Å². The zero-order valence-corrected chi connectivity index (χ0v) is 11.5. The van der Waals surface area contributed by atoms with Gasteiger partial charge in [-0.25, -0.2) is 0 Å². The fourth-order valence-corrected chi connectivity index (χ4v) is 3.05. The summed E-state index contributed by atoms with van der Waals surface area (Å²) in [4.78, 5) is 1.37. The predicted molar refractivity (Wildman–Crippen MR) is 70.7 cm³/mol. The van der Waals surface area contributed by atoms with Crippen molar-refractivity contribution in [2.24, 2.45) is 0 Å². The van der Waals surface area contributed by atoms with Gasteiger partial charge in [0.05, 0.1) is 10.3 Å². The molecule has 16 heavy (non-hydrogen) atoms. The highest BCUT2D eigenvalue weighted by Gasteiger charge is 2.01. The lowest BCUT2D eigenvalue weighted by Crippen LogP contribution is -2.19. The summed E-state index contributed by atoms with van der Waals surface area (Å²) in [5, 5.41) is 7.56. The van der Waals surface area contributed by atoms with Crippen molar-refractivity contribution >= 4 is 27.3 Å². The third-order valence-electron chi connectivity index (χ3n) is 2.28. The lowest BCUT2D eigenvalue weighted by Gasteiger charge is -2.03. The summed E-state index contributed by atoms with van der Waals surface area (Å²) in [5.74, 6) is 0. The van der Waals surface area contributed by atoms with E-state index in [-0.39, 0.29) is 0 Å². The Labute approximate surface area is 108 Å². The van der Waals surface area contributed by atoms with Crippen molar-refractivity contribution in [3.8, 4) is 0 Å². The van der Waals surface area contributed by atoms with Crippen LogP contribution in [0.5, 0.6) is 0 Å². The molecule has 0 fully saturated rings. The van der Waals surface area contributed by atoms with Crippen LogP contribution in [-0.2, 0) is 13.1 Å². The number of nitrogens with zero attached hydrogens (tertiary/aromatic N) is 2. The van der Waals surface area contributed by atoms with Crippen LogP contribution in [0, 0.1) is 6.92 Å². The summed E-state index contributed by atoms with van der Waals surface area (Å²) >= 11 is 5.33. The van der Waals surface area contributed by atoms with Gasteiger partial charge in [0.1, 0.15) is 0 Å². The molecule has 2 rings (SSSR count). The van der Waals surface area contributed by atoms with Gasteiger partial charge in [0.15, 0.2) is 0 Å². The van der Waals surface area contributed by atoms with Gasteiger partial charge in [-0.1, -0.05) is 0 Å². The standard InChI is InChI=1S/C11H14BrN3S/c1-9-7-10(16-11(9)12)8-13-4-6-15-5-2-3-14-15/h2-3,5,7,13H,4,6,8H2,1H3. The molecule has 0 bridgehead atoms. The molecule has 2 aromatic rings. The van der Waals surface area contributed by atoms with Crippen LogP contribution in [0.2, 0.25) is 0 Å². The smallest absolute Gasteiger partial charge is 0.0730 e. The molecule has 0 aliphatic heterocycles. The Morgan fingerprint density at radius 3 is 3.06 bits per heavy atom. The van der Waals surface area contributed by atoms with Crippen molar-refractivity contribution in [2.45, 2.75) is 20.0 Å². The SMILES string of the molecule is Cc1cc(CNCCn2cccn2)sc1Br. The van der Waals surface area contributed by atoms with Crippen molar-refractivity contribution in [3.63, 3.8) is 0 Å². The fourth-order valence-electron chi connectivity index (χ4n) is 1.45. The molecule has 0 spiro atoms. The van der Waals surface area contributed by atoms with Crippen molar-refractivity contribution in [3.05, 3.63) is 38.8 Å². The maximum absolute atomic E-state index is 4.15. The second-order valence-corrected chi connectivity index (χ2v) is 6.07. The molecule has 1 N–H and O–H groups in total. The first kappa shape index (κ1) is 11.8. The van der Waals surface area contributed by atoms with Gasteiger partial charge >= 0.3 is 0 Å². The molecule has 0 saturated heterocycles. The summed E-state index contributed by atoms with van der Waals surface area (Å²) in [6.45, 7) is 4.90. The van der Waals surface area contributed by atoms with Crippen molar-refractivity contribution in [1.82, 2.24) is 15.1 Å². The molecule has 3 nitrogen and oxygen atoms in total. The van der Waals surface area contributed by atoms with E-state index in [2.05, 4.69) is 39.3 Å². The van der Waals surface area contributed by atoms with E-state index in [0.29, 0.717) is 0 Å². The van der Waals surface area contributed by atoms with E-state index in [4.69, 9.17) is 0 Å². The molecule has 0 saturated carbocycles. The number of thiophene rings is 1. The summed E-state index contributed by atoms with van der Waals surface area (Å²) in [5.41, 5.74) is 1.31. The van der Waals surface area contributed by atoms with Crippen LogP contribution in [0.25, 0.3) is 0 Å². The van der Waals surface area contributed by atoms with Gasteiger partial charge in [-0.2, -0.15) is 5.10 Å². The van der Waals surface area contributed by atoms with Crippen molar-refractivity contribution in [2.75, 3.05) is 6.54 Å². The first-order valence-corrected chi connectivity index (χ1v) is 6.79. The molecule has 0 unspecified atom stereocenters. The number of hydrogen-bond acceptors (Lipinski definition) is 3. The third kappa shape index (κ3) is 3.17. The maximum atomic E-state index is 4.15. The third-order valence-corrected chi connectivity index (χ3v) is 4.42. The first-order valence-electron chi connectivity index (χ1n) is 5.18. The van der Waals surface area contributed by atoms with E-state index in [9.17, 15) is 0 Å². The van der Waals surface area contributed by atoms with Crippen LogP contribution in [0.15, 0.2) is 28.3 Å². The van der Waals surface area contributed by atoms with Crippen LogP contribution in [0.4, 0.5) is 0 Å². The van der Waals surface area contributed by atoms with Gasteiger partial charge in [0, 0.05) is 30.4 Å². The van der Waals surface area contributed by atoms with Gasteiger partial charge in [0.2, 0.25) is 0 Å². The van der Waals surface area contributed by atoms with E-state index in [1.54, 1.807) is 17.5 Å². The van der Waals surface area contributed by atoms with Gasteiger partial charge in [-0.05, 0) is 40.5 Å². The molecule has 86 valence electrons. The molecule has 0 aliphatic carbocycles. The Morgan fingerprint density at radius 2 is 2.44 bits per heavy atom. The second kappa shape index (κ2) is 5.61. The van der Waals surface area contributed by atoms with Crippen molar-refractivity contribution in [1.29, 1.82) is 0 Å². The number of nitrogens with one attached hydrogen (secondary N) is 1. The molecule has 2 heterocycles. The Hall–Kier alpha value is -0.650. The van der Waals surface area contributed by atoms with E-state index in [1.807, 2.05) is 16.9 Å². The second-order valence-electron chi connectivity index (χ2n) is 3.62. The number of halogens is 1. The zero-order valence-electron chi connectivity index (χ0n) is 9.11. The summed E-state index contributed by atoms with van der Waals surface area (Å²) < 4.78 is 3.17. The van der Waals surface area contributed by atoms with Crippen LogP contribution in [-0.4, -0.2) is 16.3 Å². The summed E-state index contributed by atoms with van der Waals surface area (Å²) in [6, 6.07) is 4.16. The number of rotatable bonds is 5. The largest absolute Gasteiger partial charge is 0.310 e. The Balaban J connectivity index is 1.72. The highest BCUT2D eigenvalue weighted by Crippen LogP contribution is 2.26. The van der Waals surface area contributed by atoms with E-state index in [0.717, 1.165) is 19.6 Å². The molecular weight excluding hydrogens is 286 g/mol. The van der Waals surface area contributed by atoms with Gasteiger partial charge in [-0.3, -0.25) is 4.68 Å². The molecule has 0 radical (unpaired) electrons. The Bertz CT molecular complexity index is 417. The zero-order chi connectivity index (χ0) is 11.4. The quantitative estimate of drug-likeness (QED) is 0.861. The maximum Gasteiger partial charge on any atom is 0.0730 e. The van der Waals surface area contributed by atoms with Crippen LogP contribution in [0.3, 0.4) is 0 Å². The minimum Gasteiger partial charge on any atom is -0.310 e. The first-order chi connectivity index (χ1) is 7.75. The molecule has 0 aromatic carbocycles. The molecule has 0 atom stereocenters. The highest BCUT2D eigenvalue weighted by molar-refractivity contribution is 9.11. The van der Waals surface area contributed by atoms with Crippen molar-refractivity contribution < 1.29 is 0 Å². The lowest BCUT2D eigenvalue weighted by molar-refractivity contribution is 0.557. The molecule has 2 aromatic heterocycles. The van der Waals surface area contributed by atoms with Gasteiger partial charge in [-0.15, -0.1) is 11.3 Å². The minimum absolute atomic E-state index is 0.915. The lowest BCUT2D eigenvalue weighted by atomic mass is 10.3. The molecular formula is C11H14BrN3S. The van der Waals surface area contributed by atoms with Crippen LogP contribution in [0.1, 0.15) is 10.4 Å². The summed E-state index contributed by atoms with van der Waals surface area (Å²) in [6.07, 6.45) is 3.79. The Morgan fingerprint density at radius 1 is 1.56 bits per heavy atom. The topological polar surface area (TPSA) is 29.9 Å². The fraction of sp³-hybridized carbons (Fsp3) is 0.364. The number of hydrogen-bond donors (Lipinski definition) is 1. The monoisotopic (exact) mass is 299 g/mol. The predicted octanol–water partition coefficient (Wildman–Crippen LogP) is 2.81. The Kier molecular flexibility index (Phi) is 4.15. The van der Waals surface area contributed by atoms with Crippen LogP contribution >= 0.6 is 27.3 Å². The number of aryl methyl sites for hydroxylation is 1. The minimum atomic E-state index is 0.915. The molecule has 0 amide bonds. The number of aromatic nitrogens is 2. The molecule has 5 heteroatoms. The average Bonchev–Trinajstić information content (AvgIpc) is 2.85. The van der Waals surface area contributed by atoms with E-state index in [1.165, 1.54) is 14.2 Å². The summed E-state index contributed by atoms with van der Waals surface area (Å²) in [7, 11) is 0. The highest BCUT2D eigenvalue weighted by atomic mass is 79.9. The van der Waals surface area contributed by atoms with Crippen LogP contribution < -0.4 is 5.32 Å². The molecule has 0 aliphatic rings. The van der Waals surface area contributed by atoms with Gasteiger partial charge < -0.3 is 5.32 Å². The normalized spacial score (nSPS) is 10.9.